The predicted molar refractivity (Wildman–Crippen MR) is 146 cm³/mol. The fraction of sp³-hybridized carbons (Fsp3) is 1.00. The van der Waals surface area contributed by atoms with E-state index >= 15 is 0 Å². The van der Waals surface area contributed by atoms with Crippen LogP contribution in [0.3, 0.4) is 0 Å². The molecule has 0 aromatic carbocycles. The standard InChI is InChI=1S/C27H48O20/c1-8-13(31)25(45-12(6-30)27(8,2)39)46-22-16(34)11(7-41-24-18(36)17(35)14(32)9(4-28)43-24)44-26(20(22)38)47-21-15(33)10(5-29)42-23(40-3)19(21)37/h8-26,28-39H,4-7H2,1-3H3. The Bertz CT molecular complexity index is 955. The van der Waals surface area contributed by atoms with Gasteiger partial charge in [0.25, 0.3) is 0 Å². The lowest BCUT2D eigenvalue weighted by molar-refractivity contribution is -0.386. The molecule has 20 unspecified atom stereocenters. The van der Waals surface area contributed by atoms with E-state index in [-0.39, 0.29) is 0 Å². The minimum atomic E-state index is -1.95. The van der Waals surface area contributed by atoms with Crippen LogP contribution in [0.2, 0.25) is 0 Å². The van der Waals surface area contributed by atoms with Crippen molar-refractivity contribution < 1.29 is 99.2 Å². The fourth-order valence-corrected chi connectivity index (χ4v) is 6.02. The first-order valence-corrected chi connectivity index (χ1v) is 15.2. The minimum absolute atomic E-state index is 0.684. The quantitative estimate of drug-likeness (QED) is 0.0956. The topological polar surface area (TPSA) is 317 Å². The molecule has 0 aromatic heterocycles. The third-order valence-electron chi connectivity index (χ3n) is 9.38. The highest BCUT2D eigenvalue weighted by Crippen LogP contribution is 2.37. The first-order chi connectivity index (χ1) is 22.1. The molecule has 276 valence electrons. The Morgan fingerprint density at radius 1 is 0.553 bits per heavy atom. The molecule has 47 heavy (non-hydrogen) atoms. The molecule has 20 atom stereocenters. The number of aliphatic hydroxyl groups excluding tert-OH is 11. The Balaban J connectivity index is 1.59. The lowest BCUT2D eigenvalue weighted by Crippen LogP contribution is -2.67. The maximum Gasteiger partial charge on any atom is 0.187 e. The van der Waals surface area contributed by atoms with E-state index in [0.717, 1.165) is 0 Å². The summed E-state index contributed by atoms with van der Waals surface area (Å²) in [5, 5.41) is 125. The SMILES string of the molecule is COC1OC(CO)C(O)C(OC2OC(COC3OC(CO)C(O)C(O)C3O)C(O)C(OC3OC(CO)C(C)(O)C(C)C3O)C2O)C1O. The molecule has 12 N–H and O–H groups in total. The summed E-state index contributed by atoms with van der Waals surface area (Å²) in [6.45, 7) is -0.0353. The monoisotopic (exact) mass is 692 g/mol. The molecule has 4 saturated heterocycles. The second-order valence-electron chi connectivity index (χ2n) is 12.4. The zero-order valence-corrected chi connectivity index (χ0v) is 25.9. The second-order valence-corrected chi connectivity index (χ2v) is 12.4. The molecule has 4 aliphatic heterocycles. The first-order valence-electron chi connectivity index (χ1n) is 15.2. The summed E-state index contributed by atoms with van der Waals surface area (Å²) in [6, 6.07) is 0. The molecular formula is C27H48O20. The molecule has 0 bridgehead atoms. The third kappa shape index (κ3) is 7.77. The molecule has 4 heterocycles. The van der Waals surface area contributed by atoms with E-state index in [4.69, 9.17) is 37.9 Å². The van der Waals surface area contributed by atoms with E-state index in [1.54, 1.807) is 0 Å². The summed E-state index contributed by atoms with van der Waals surface area (Å²) in [4.78, 5) is 0. The lowest BCUT2D eigenvalue weighted by atomic mass is 9.79. The Hall–Kier alpha value is -0.800. The maximum atomic E-state index is 11.3. The Kier molecular flexibility index (Phi) is 13.3. The number of ether oxygens (including phenoxy) is 8. The van der Waals surface area contributed by atoms with Crippen molar-refractivity contribution in [1.82, 2.24) is 0 Å². The van der Waals surface area contributed by atoms with Crippen molar-refractivity contribution >= 4 is 0 Å². The Morgan fingerprint density at radius 2 is 1.04 bits per heavy atom. The zero-order chi connectivity index (χ0) is 35.0. The van der Waals surface area contributed by atoms with E-state index in [0.29, 0.717) is 0 Å². The van der Waals surface area contributed by atoms with Crippen LogP contribution < -0.4 is 0 Å². The van der Waals surface area contributed by atoms with Gasteiger partial charge >= 0.3 is 0 Å². The Morgan fingerprint density at radius 3 is 1.60 bits per heavy atom. The van der Waals surface area contributed by atoms with Crippen molar-refractivity contribution in [2.45, 2.75) is 130 Å². The summed E-state index contributed by atoms with van der Waals surface area (Å²) in [5.74, 6) is -0.946. The van der Waals surface area contributed by atoms with E-state index in [1.807, 2.05) is 0 Å². The molecule has 0 aliphatic carbocycles. The summed E-state index contributed by atoms with van der Waals surface area (Å²) in [7, 11) is 1.18. The van der Waals surface area contributed by atoms with E-state index in [1.165, 1.54) is 21.0 Å². The number of hydrogen-bond donors (Lipinski definition) is 12. The van der Waals surface area contributed by atoms with Crippen molar-refractivity contribution in [3.05, 3.63) is 0 Å². The first kappa shape index (κ1) is 39.0. The number of aliphatic hydroxyl groups is 12. The van der Waals surface area contributed by atoms with Crippen LogP contribution in [0.25, 0.3) is 0 Å². The van der Waals surface area contributed by atoms with E-state index in [2.05, 4.69) is 0 Å². The van der Waals surface area contributed by atoms with Crippen molar-refractivity contribution in [1.29, 1.82) is 0 Å². The van der Waals surface area contributed by atoms with Crippen LogP contribution in [-0.4, -0.2) is 211 Å². The van der Waals surface area contributed by atoms with Crippen molar-refractivity contribution in [3.63, 3.8) is 0 Å². The van der Waals surface area contributed by atoms with Crippen molar-refractivity contribution in [2.75, 3.05) is 33.5 Å². The van der Waals surface area contributed by atoms with Gasteiger partial charge in [-0.05, 0) is 6.92 Å². The highest BCUT2D eigenvalue weighted by Gasteiger charge is 2.56. The summed E-state index contributed by atoms with van der Waals surface area (Å²) in [5.41, 5.74) is -1.70. The second kappa shape index (κ2) is 16.0. The van der Waals surface area contributed by atoms with Gasteiger partial charge in [0.2, 0.25) is 0 Å². The predicted octanol–water partition coefficient (Wildman–Crippen LogP) is -7.43. The summed E-state index contributed by atoms with van der Waals surface area (Å²) >= 11 is 0. The van der Waals surface area contributed by atoms with E-state index < -0.39 is 149 Å². The number of rotatable bonds is 11. The third-order valence-corrected chi connectivity index (χ3v) is 9.38. The van der Waals surface area contributed by atoms with Crippen LogP contribution in [0.4, 0.5) is 0 Å². The molecular weight excluding hydrogens is 644 g/mol. The van der Waals surface area contributed by atoms with Gasteiger partial charge in [0.05, 0.1) is 32.0 Å². The van der Waals surface area contributed by atoms with Crippen LogP contribution in [-0.2, 0) is 37.9 Å². The molecule has 0 radical (unpaired) electrons. The lowest BCUT2D eigenvalue weighted by Gasteiger charge is -2.50. The van der Waals surface area contributed by atoms with Crippen LogP contribution in [0.1, 0.15) is 13.8 Å². The number of methoxy groups -OCH3 is 1. The molecule has 0 spiro atoms. The van der Waals surface area contributed by atoms with Crippen LogP contribution >= 0.6 is 0 Å². The van der Waals surface area contributed by atoms with Crippen LogP contribution in [0.15, 0.2) is 0 Å². The molecule has 20 nitrogen and oxygen atoms in total. The molecule has 4 fully saturated rings. The van der Waals surface area contributed by atoms with Gasteiger partial charge in [0.15, 0.2) is 25.2 Å². The molecule has 4 rings (SSSR count). The molecule has 0 saturated carbocycles. The maximum absolute atomic E-state index is 11.3. The van der Waals surface area contributed by atoms with Gasteiger partial charge in [-0.3, -0.25) is 0 Å². The summed E-state index contributed by atoms with van der Waals surface area (Å²) < 4.78 is 44.1. The van der Waals surface area contributed by atoms with Gasteiger partial charge in [-0.25, -0.2) is 0 Å². The highest BCUT2D eigenvalue weighted by atomic mass is 16.8. The van der Waals surface area contributed by atoms with Gasteiger partial charge in [0, 0.05) is 13.0 Å². The normalized spacial score (nSPS) is 52.8. The Labute approximate surface area is 269 Å². The minimum Gasteiger partial charge on any atom is -0.394 e. The highest BCUT2D eigenvalue weighted by molar-refractivity contribution is 4.99. The number of hydrogen-bond acceptors (Lipinski definition) is 20. The molecule has 20 heteroatoms. The van der Waals surface area contributed by atoms with Gasteiger partial charge in [-0.1, -0.05) is 6.92 Å². The van der Waals surface area contributed by atoms with Crippen molar-refractivity contribution in [3.8, 4) is 0 Å². The average molecular weight is 693 g/mol. The van der Waals surface area contributed by atoms with Gasteiger partial charge < -0.3 is 99.2 Å². The molecule has 4 aliphatic rings. The van der Waals surface area contributed by atoms with Crippen LogP contribution in [0.5, 0.6) is 0 Å². The average Bonchev–Trinajstić information content (AvgIpc) is 3.05. The van der Waals surface area contributed by atoms with Gasteiger partial charge in [-0.2, -0.15) is 0 Å². The van der Waals surface area contributed by atoms with Gasteiger partial charge in [-0.15, -0.1) is 0 Å². The molecule has 0 amide bonds. The van der Waals surface area contributed by atoms with Crippen LogP contribution in [0, 0.1) is 5.92 Å². The van der Waals surface area contributed by atoms with E-state index in [9.17, 15) is 61.3 Å². The zero-order valence-electron chi connectivity index (χ0n) is 25.9. The van der Waals surface area contributed by atoms with Gasteiger partial charge in [0.1, 0.15) is 85.5 Å². The summed E-state index contributed by atoms with van der Waals surface area (Å²) in [6.07, 6.45) is -29.4. The largest absolute Gasteiger partial charge is 0.394 e. The van der Waals surface area contributed by atoms with Crippen molar-refractivity contribution in [2.24, 2.45) is 5.92 Å². The molecule has 0 aromatic rings. The fourth-order valence-electron chi connectivity index (χ4n) is 6.02. The smallest absolute Gasteiger partial charge is 0.187 e.